The molecule has 0 spiro atoms. The van der Waals surface area contributed by atoms with Crippen molar-refractivity contribution in [3.63, 3.8) is 0 Å². The van der Waals surface area contributed by atoms with Crippen molar-refractivity contribution in [2.45, 2.75) is 43.1 Å². The van der Waals surface area contributed by atoms with Crippen molar-refractivity contribution >= 4 is 17.7 Å². The maximum absolute atomic E-state index is 11.6. The monoisotopic (exact) mass is 542 g/mol. The third kappa shape index (κ3) is 6.55. The Bertz CT molecular complexity index is 1410. The van der Waals surface area contributed by atoms with E-state index in [2.05, 4.69) is 17.1 Å². The molecule has 2 heterocycles. The summed E-state index contributed by atoms with van der Waals surface area (Å²) in [5.74, 6) is -0.484. The summed E-state index contributed by atoms with van der Waals surface area (Å²) >= 11 is 1.37. The van der Waals surface area contributed by atoms with Crippen molar-refractivity contribution in [2.75, 3.05) is 5.75 Å². The number of carboxylic acid groups (broad SMARTS) is 1. The summed E-state index contributed by atoms with van der Waals surface area (Å²) in [4.78, 5) is 15.9. The number of thioether (sulfide) groups is 1. The maximum atomic E-state index is 11.6. The van der Waals surface area contributed by atoms with Crippen LogP contribution in [0.2, 0.25) is 0 Å². The molecule has 200 valence electrons. The van der Waals surface area contributed by atoms with Crippen molar-refractivity contribution in [3.05, 3.63) is 119 Å². The molecule has 4 N–H and O–H groups in total. The van der Waals surface area contributed by atoms with Gasteiger partial charge in [-0.3, -0.25) is 0 Å². The van der Waals surface area contributed by atoms with Gasteiger partial charge in [0.25, 0.3) is 0 Å². The highest BCUT2D eigenvalue weighted by Gasteiger charge is 2.32. The number of rotatable bonds is 9. The van der Waals surface area contributed by atoms with Gasteiger partial charge in [0.1, 0.15) is 5.03 Å². The zero-order valence-corrected chi connectivity index (χ0v) is 22.1. The van der Waals surface area contributed by atoms with Crippen molar-refractivity contribution in [1.82, 2.24) is 4.98 Å². The van der Waals surface area contributed by atoms with E-state index in [1.165, 1.54) is 11.8 Å². The number of nitrogens with two attached hydrogens (primary N) is 1. The van der Waals surface area contributed by atoms with Gasteiger partial charge in [0, 0.05) is 30.5 Å². The van der Waals surface area contributed by atoms with Gasteiger partial charge in [0.2, 0.25) is 0 Å². The van der Waals surface area contributed by atoms with Crippen LogP contribution in [0, 0.1) is 0 Å². The number of hydrogen-bond acceptors (Lipinski definition) is 7. The van der Waals surface area contributed by atoms with Gasteiger partial charge in [-0.05, 0) is 46.0 Å². The molecule has 3 aromatic carbocycles. The lowest BCUT2D eigenvalue weighted by atomic mass is 9.99. The van der Waals surface area contributed by atoms with Gasteiger partial charge in [-0.2, -0.15) is 0 Å². The standard InChI is InChI=1S/C31H30N2O5S/c32-17-21-3-1-4-25(15-21)22-10-12-24(13-11-22)31-37-26(19-39-29-27(30(35)36)5-2-14-33-29)16-28(38-31)23-8-6-20(18-34)7-9-23/h1-15,26,28,31,34H,16-19,32H2,(H,35,36)/t26-,28+,31+/m1/s1. The number of ether oxygens (including phenoxy) is 2. The molecule has 1 aliphatic rings. The largest absolute Gasteiger partial charge is 0.478 e. The van der Waals surface area contributed by atoms with Crippen LogP contribution in [0.3, 0.4) is 0 Å². The Hall–Kier alpha value is -3.53. The third-order valence-corrected chi connectivity index (χ3v) is 7.84. The number of aliphatic hydroxyl groups excluding tert-OH is 1. The number of aromatic carboxylic acids is 1. The Kier molecular flexibility index (Phi) is 8.71. The number of nitrogens with zero attached hydrogens (tertiary/aromatic N) is 1. The quantitative estimate of drug-likeness (QED) is 0.230. The van der Waals surface area contributed by atoms with Gasteiger partial charge in [0.05, 0.1) is 24.4 Å². The fourth-order valence-electron chi connectivity index (χ4n) is 4.57. The SMILES string of the molecule is NCc1cccc(-c2ccc([C@H]3O[C@@H](CSc4ncccc4C(=O)O)C[C@@H](c4ccc(CO)cc4)O3)cc2)c1. The number of aromatic nitrogens is 1. The van der Waals surface area contributed by atoms with Crippen LogP contribution in [0.5, 0.6) is 0 Å². The van der Waals surface area contributed by atoms with E-state index < -0.39 is 12.3 Å². The van der Waals surface area contributed by atoms with Crippen molar-refractivity contribution in [3.8, 4) is 11.1 Å². The Labute approximate surface area is 231 Å². The number of carbonyl (C=O) groups is 1. The molecule has 1 aromatic heterocycles. The second-order valence-electron chi connectivity index (χ2n) is 9.35. The lowest BCUT2D eigenvalue weighted by molar-refractivity contribution is -0.245. The summed E-state index contributed by atoms with van der Waals surface area (Å²) in [5, 5.41) is 19.4. The predicted octanol–water partition coefficient (Wildman–Crippen LogP) is 5.74. The van der Waals surface area contributed by atoms with E-state index in [0.29, 0.717) is 23.7 Å². The van der Waals surface area contributed by atoms with Gasteiger partial charge < -0.3 is 25.4 Å². The molecule has 8 heteroatoms. The van der Waals surface area contributed by atoms with Crippen LogP contribution in [-0.2, 0) is 22.6 Å². The number of carboxylic acids is 1. The fourth-order valence-corrected chi connectivity index (χ4v) is 5.58. The lowest BCUT2D eigenvalue weighted by Gasteiger charge is -2.36. The molecule has 7 nitrogen and oxygen atoms in total. The predicted molar refractivity (Wildman–Crippen MR) is 150 cm³/mol. The topological polar surface area (TPSA) is 115 Å². The molecule has 0 saturated carbocycles. The molecular weight excluding hydrogens is 512 g/mol. The Morgan fingerprint density at radius 2 is 1.69 bits per heavy atom. The molecule has 5 rings (SSSR count). The Balaban J connectivity index is 1.37. The second kappa shape index (κ2) is 12.5. The van der Waals surface area contributed by atoms with Crippen molar-refractivity contribution in [1.29, 1.82) is 0 Å². The van der Waals surface area contributed by atoms with Crippen molar-refractivity contribution < 1.29 is 24.5 Å². The summed E-state index contributed by atoms with van der Waals surface area (Å²) in [7, 11) is 0. The molecule has 39 heavy (non-hydrogen) atoms. The first-order valence-electron chi connectivity index (χ1n) is 12.7. The molecule has 1 saturated heterocycles. The molecule has 0 unspecified atom stereocenters. The first-order chi connectivity index (χ1) is 19.0. The average Bonchev–Trinajstić information content (AvgIpc) is 3.00. The first kappa shape index (κ1) is 27.1. The number of pyridine rings is 1. The molecule has 1 aliphatic heterocycles. The van der Waals surface area contributed by atoms with E-state index in [9.17, 15) is 15.0 Å². The van der Waals surface area contributed by atoms with Crippen LogP contribution in [0.15, 0.2) is 96.2 Å². The molecular formula is C31H30N2O5S. The minimum atomic E-state index is -1.00. The molecule has 3 atom stereocenters. The summed E-state index contributed by atoms with van der Waals surface area (Å²) in [6.07, 6.45) is 1.16. The van der Waals surface area contributed by atoms with E-state index in [-0.39, 0.29) is 24.4 Å². The fraction of sp³-hybridized carbons (Fsp3) is 0.226. The van der Waals surface area contributed by atoms with E-state index >= 15 is 0 Å². The average molecular weight is 543 g/mol. The van der Waals surface area contributed by atoms with E-state index in [0.717, 1.165) is 33.4 Å². The van der Waals surface area contributed by atoms with Gasteiger partial charge in [0.15, 0.2) is 6.29 Å². The highest BCUT2D eigenvalue weighted by atomic mass is 32.2. The highest BCUT2D eigenvalue weighted by molar-refractivity contribution is 7.99. The van der Waals surface area contributed by atoms with Crippen LogP contribution in [-0.4, -0.2) is 33.0 Å². The van der Waals surface area contributed by atoms with E-state index in [1.54, 1.807) is 18.3 Å². The molecule has 0 aliphatic carbocycles. The van der Waals surface area contributed by atoms with Gasteiger partial charge in [-0.1, -0.05) is 66.7 Å². The van der Waals surface area contributed by atoms with Gasteiger partial charge in [-0.15, -0.1) is 11.8 Å². The van der Waals surface area contributed by atoms with Crippen LogP contribution >= 0.6 is 11.8 Å². The summed E-state index contributed by atoms with van der Waals surface area (Å²) in [5.41, 5.74) is 12.0. The summed E-state index contributed by atoms with van der Waals surface area (Å²) in [6.45, 7) is 0.468. The molecule has 0 amide bonds. The van der Waals surface area contributed by atoms with E-state index in [4.69, 9.17) is 15.2 Å². The molecule has 4 aromatic rings. The normalized spacial score (nSPS) is 19.1. The number of benzene rings is 3. The third-order valence-electron chi connectivity index (χ3n) is 6.70. The lowest BCUT2D eigenvalue weighted by Crippen LogP contribution is -2.31. The van der Waals surface area contributed by atoms with Crippen LogP contribution < -0.4 is 5.73 Å². The smallest absolute Gasteiger partial charge is 0.338 e. The maximum Gasteiger partial charge on any atom is 0.338 e. The second-order valence-corrected chi connectivity index (χ2v) is 10.4. The molecule has 0 bridgehead atoms. The van der Waals surface area contributed by atoms with Gasteiger partial charge >= 0.3 is 5.97 Å². The minimum absolute atomic E-state index is 0.0205. The summed E-state index contributed by atoms with van der Waals surface area (Å²) < 4.78 is 12.8. The molecule has 1 fully saturated rings. The van der Waals surface area contributed by atoms with Crippen LogP contribution in [0.25, 0.3) is 11.1 Å². The Morgan fingerprint density at radius 1 is 0.923 bits per heavy atom. The van der Waals surface area contributed by atoms with Crippen molar-refractivity contribution in [2.24, 2.45) is 5.73 Å². The van der Waals surface area contributed by atoms with Gasteiger partial charge in [-0.25, -0.2) is 9.78 Å². The summed E-state index contributed by atoms with van der Waals surface area (Å²) in [6, 6.07) is 27.2. The zero-order chi connectivity index (χ0) is 27.2. The minimum Gasteiger partial charge on any atom is -0.478 e. The zero-order valence-electron chi connectivity index (χ0n) is 21.3. The number of aliphatic hydroxyl groups is 1. The Morgan fingerprint density at radius 3 is 2.41 bits per heavy atom. The van der Waals surface area contributed by atoms with Crippen LogP contribution in [0.4, 0.5) is 0 Å². The highest BCUT2D eigenvalue weighted by Crippen LogP contribution is 2.40. The van der Waals surface area contributed by atoms with E-state index in [1.807, 2.05) is 60.7 Å². The molecule has 0 radical (unpaired) electrons. The first-order valence-corrected chi connectivity index (χ1v) is 13.7. The number of hydrogen-bond donors (Lipinski definition) is 3. The van der Waals surface area contributed by atoms with Crippen LogP contribution in [0.1, 0.15) is 51.4 Å².